The lowest BCUT2D eigenvalue weighted by Crippen LogP contribution is -2.53. The average molecular weight is 409 g/mol. The molecule has 3 rings (SSSR count). The van der Waals surface area contributed by atoms with Crippen LogP contribution >= 0.6 is 0 Å². The molecule has 3 aliphatic rings. The number of amides is 2. The Hall–Kier alpha value is -2.36. The largest absolute Gasteiger partial charge is 0.480 e. The molecule has 0 unspecified atom stereocenters. The Kier molecular flexibility index (Phi) is 6.61. The number of carbonyl (C=O) groups excluding carboxylic acids is 2. The number of piperidine rings is 1. The number of nitrogens with two attached hydrogens (primary N) is 1. The van der Waals surface area contributed by atoms with E-state index in [0.29, 0.717) is 18.5 Å². The number of rotatable bonds is 7. The number of carboxylic acids is 1. The Morgan fingerprint density at radius 1 is 1.10 bits per heavy atom. The highest BCUT2D eigenvalue weighted by atomic mass is 16.4. The summed E-state index contributed by atoms with van der Waals surface area (Å²) in [5.74, 6) is -1.15. The Labute approximate surface area is 170 Å². The topological polar surface area (TPSA) is 158 Å². The van der Waals surface area contributed by atoms with E-state index in [1.165, 1.54) is 33.1 Å². The summed E-state index contributed by atoms with van der Waals surface area (Å²) < 4.78 is 0. The molecule has 1 saturated heterocycles. The summed E-state index contributed by atoms with van der Waals surface area (Å²) >= 11 is 0. The number of carbonyl (C=O) groups is 3. The Morgan fingerprint density at radius 3 is 2.45 bits per heavy atom. The number of nitrogens with one attached hydrogen (secondary N) is 4. The van der Waals surface area contributed by atoms with Gasteiger partial charge in [0.05, 0.1) is 12.1 Å². The minimum absolute atomic E-state index is 0.0132. The number of nitrogens with zero attached hydrogens (tertiary/aromatic N) is 1. The zero-order valence-corrected chi connectivity index (χ0v) is 17.0. The molecule has 0 bridgehead atoms. The fourth-order valence-corrected chi connectivity index (χ4v) is 4.35. The summed E-state index contributed by atoms with van der Waals surface area (Å²) in [7, 11) is 0. The zero-order valence-electron chi connectivity index (χ0n) is 17.0. The first kappa shape index (κ1) is 21.4. The highest BCUT2D eigenvalue weighted by Gasteiger charge is 2.60. The molecular weight excluding hydrogens is 376 g/mol. The van der Waals surface area contributed by atoms with E-state index in [-0.39, 0.29) is 23.8 Å². The van der Waals surface area contributed by atoms with E-state index in [1.54, 1.807) is 0 Å². The van der Waals surface area contributed by atoms with Crippen LogP contribution in [0.4, 0.5) is 0 Å². The van der Waals surface area contributed by atoms with Gasteiger partial charge in [-0.3, -0.25) is 14.4 Å². The van der Waals surface area contributed by atoms with Crippen LogP contribution in [0.3, 0.4) is 0 Å². The van der Waals surface area contributed by atoms with Crippen LogP contribution in [-0.4, -0.2) is 65.6 Å². The predicted molar refractivity (Wildman–Crippen MR) is 107 cm³/mol. The SMILES string of the molecule is C[C@H](NC(=O)[C@H](C)NC(=O)[C@H]1NC[C@@H]2[C@@H](N=C(N)NC3CCCCC3)[C@H]21)C(=O)O. The fourth-order valence-electron chi connectivity index (χ4n) is 4.35. The molecule has 1 aliphatic heterocycles. The van der Waals surface area contributed by atoms with Gasteiger partial charge in [0.15, 0.2) is 5.96 Å². The minimum atomic E-state index is -1.13. The maximum absolute atomic E-state index is 12.6. The minimum Gasteiger partial charge on any atom is -0.480 e. The van der Waals surface area contributed by atoms with Crippen molar-refractivity contribution in [1.29, 1.82) is 0 Å². The molecule has 0 spiro atoms. The first-order valence-electron chi connectivity index (χ1n) is 10.4. The molecule has 3 fully saturated rings. The van der Waals surface area contributed by atoms with Crippen molar-refractivity contribution in [2.75, 3.05) is 6.54 Å². The number of aliphatic imine (C=N–C) groups is 1. The zero-order chi connectivity index (χ0) is 21.1. The van der Waals surface area contributed by atoms with E-state index in [4.69, 9.17) is 10.8 Å². The first-order valence-corrected chi connectivity index (χ1v) is 10.4. The van der Waals surface area contributed by atoms with Crippen molar-refractivity contribution in [2.45, 2.75) is 76.2 Å². The summed E-state index contributed by atoms with van der Waals surface area (Å²) in [5.41, 5.74) is 6.08. The van der Waals surface area contributed by atoms with Crippen molar-refractivity contribution >= 4 is 23.7 Å². The molecule has 0 radical (unpaired) electrons. The number of hydrogen-bond donors (Lipinski definition) is 6. The van der Waals surface area contributed by atoms with E-state index in [9.17, 15) is 14.4 Å². The van der Waals surface area contributed by atoms with Crippen molar-refractivity contribution in [3.8, 4) is 0 Å². The van der Waals surface area contributed by atoms with E-state index >= 15 is 0 Å². The molecule has 162 valence electrons. The number of hydrogen-bond acceptors (Lipinski definition) is 5. The van der Waals surface area contributed by atoms with Crippen LogP contribution in [0.1, 0.15) is 46.0 Å². The number of guanidine groups is 1. The van der Waals surface area contributed by atoms with Crippen molar-refractivity contribution in [3.63, 3.8) is 0 Å². The molecule has 0 aromatic heterocycles. The molecule has 2 saturated carbocycles. The molecule has 10 nitrogen and oxygen atoms in total. The van der Waals surface area contributed by atoms with Crippen LogP contribution in [-0.2, 0) is 14.4 Å². The quantitative estimate of drug-likeness (QED) is 0.230. The van der Waals surface area contributed by atoms with Crippen LogP contribution in [0, 0.1) is 11.8 Å². The van der Waals surface area contributed by atoms with Gasteiger partial charge in [0.2, 0.25) is 11.8 Å². The second-order valence-electron chi connectivity index (χ2n) is 8.41. The average Bonchev–Trinajstić information content (AvgIpc) is 3.13. The second kappa shape index (κ2) is 8.98. The summed E-state index contributed by atoms with van der Waals surface area (Å²) in [6.45, 7) is 3.59. The number of fused-ring (bicyclic) bond motifs is 1. The van der Waals surface area contributed by atoms with Gasteiger partial charge in [-0.05, 0) is 26.7 Å². The monoisotopic (exact) mass is 408 g/mol. The van der Waals surface area contributed by atoms with Gasteiger partial charge >= 0.3 is 5.97 Å². The van der Waals surface area contributed by atoms with Crippen LogP contribution < -0.4 is 27.0 Å². The lowest BCUT2D eigenvalue weighted by atomic mass is 9.96. The third-order valence-corrected chi connectivity index (χ3v) is 6.15. The molecular formula is C19H32N6O4. The smallest absolute Gasteiger partial charge is 0.325 e. The molecule has 0 aromatic rings. The Balaban J connectivity index is 1.48. The van der Waals surface area contributed by atoms with Crippen LogP contribution in [0.2, 0.25) is 0 Å². The van der Waals surface area contributed by atoms with E-state index in [0.717, 1.165) is 12.8 Å². The van der Waals surface area contributed by atoms with Crippen molar-refractivity contribution in [1.82, 2.24) is 21.3 Å². The van der Waals surface area contributed by atoms with Crippen molar-refractivity contribution < 1.29 is 19.5 Å². The molecule has 10 heteroatoms. The summed E-state index contributed by atoms with van der Waals surface area (Å²) in [6, 6.07) is -1.87. The van der Waals surface area contributed by atoms with Crippen molar-refractivity contribution in [2.24, 2.45) is 22.6 Å². The highest BCUT2D eigenvalue weighted by Crippen LogP contribution is 2.48. The third kappa shape index (κ3) is 5.17. The number of aliphatic carboxylic acids is 1. The van der Waals surface area contributed by atoms with E-state index in [2.05, 4.69) is 26.3 Å². The van der Waals surface area contributed by atoms with Crippen LogP contribution in [0.15, 0.2) is 4.99 Å². The normalized spacial score (nSPS) is 31.3. The molecule has 2 aliphatic carbocycles. The van der Waals surface area contributed by atoms with Gasteiger partial charge in [-0.2, -0.15) is 0 Å². The van der Waals surface area contributed by atoms with Crippen molar-refractivity contribution in [3.05, 3.63) is 0 Å². The van der Waals surface area contributed by atoms with E-state index < -0.39 is 30.0 Å². The van der Waals surface area contributed by atoms with Gasteiger partial charge in [0.25, 0.3) is 0 Å². The van der Waals surface area contributed by atoms with Gasteiger partial charge in [0.1, 0.15) is 12.1 Å². The Morgan fingerprint density at radius 2 is 1.79 bits per heavy atom. The molecule has 29 heavy (non-hydrogen) atoms. The van der Waals surface area contributed by atoms with Gasteiger partial charge in [-0.15, -0.1) is 0 Å². The molecule has 7 N–H and O–H groups in total. The Bertz CT molecular complexity index is 678. The van der Waals surface area contributed by atoms with Gasteiger partial charge in [0, 0.05) is 24.4 Å². The first-order chi connectivity index (χ1) is 13.8. The molecule has 1 heterocycles. The maximum atomic E-state index is 12.6. The van der Waals surface area contributed by atoms with Crippen LogP contribution in [0.25, 0.3) is 0 Å². The van der Waals surface area contributed by atoms with Gasteiger partial charge in [-0.25, -0.2) is 4.99 Å². The molecule has 0 aromatic carbocycles. The number of carboxylic acid groups (broad SMARTS) is 1. The van der Waals surface area contributed by atoms with Gasteiger partial charge in [-0.1, -0.05) is 19.3 Å². The molecule has 2 amide bonds. The highest BCUT2D eigenvalue weighted by molar-refractivity contribution is 5.92. The summed E-state index contributed by atoms with van der Waals surface area (Å²) in [4.78, 5) is 40.1. The van der Waals surface area contributed by atoms with Gasteiger partial charge < -0.3 is 32.1 Å². The molecule has 6 atom stereocenters. The third-order valence-electron chi connectivity index (χ3n) is 6.15. The predicted octanol–water partition coefficient (Wildman–Crippen LogP) is -1.10. The summed E-state index contributed by atoms with van der Waals surface area (Å²) in [6.07, 6.45) is 5.92. The summed E-state index contributed by atoms with van der Waals surface area (Å²) in [5, 5.41) is 20.4. The standard InChI is InChI=1S/C19H32N6O4/c1-9(16(26)23-10(2)18(28)29)22-17(27)15-13-12(8-21-15)14(13)25-19(20)24-11-6-4-3-5-7-11/h9-15,21H,3-8H2,1-2H3,(H,22,27)(H,23,26)(H,28,29)(H3,20,24,25)/t9-,10-,12-,13-,14+,15-/m0/s1. The maximum Gasteiger partial charge on any atom is 0.325 e. The van der Waals surface area contributed by atoms with Crippen LogP contribution in [0.5, 0.6) is 0 Å². The lowest BCUT2D eigenvalue weighted by molar-refractivity contribution is -0.141. The second-order valence-corrected chi connectivity index (χ2v) is 8.41. The van der Waals surface area contributed by atoms with E-state index in [1.807, 2.05) is 0 Å². The lowest BCUT2D eigenvalue weighted by Gasteiger charge is -2.23. The fraction of sp³-hybridized carbons (Fsp3) is 0.789.